The number of rotatable bonds is 8. The molecule has 7 nitrogen and oxygen atoms in total. The van der Waals surface area contributed by atoms with Crippen LogP contribution < -0.4 is 15.4 Å². The summed E-state index contributed by atoms with van der Waals surface area (Å²) in [5.74, 6) is 0.249. The molecule has 0 aromatic heterocycles. The van der Waals surface area contributed by atoms with E-state index in [4.69, 9.17) is 4.74 Å². The average Bonchev–Trinajstić information content (AvgIpc) is 2.61. The highest BCUT2D eigenvalue weighted by Crippen LogP contribution is 2.31. The van der Waals surface area contributed by atoms with E-state index in [2.05, 4.69) is 15.6 Å². The molecule has 0 radical (unpaired) electrons. The maximum Gasteiger partial charge on any atom is 0.416 e. The predicted octanol–water partition coefficient (Wildman–Crippen LogP) is 2.26. The Bertz CT molecular complexity index is 718. The van der Waals surface area contributed by atoms with Gasteiger partial charge >= 0.3 is 6.18 Å². The number of amides is 1. The van der Waals surface area contributed by atoms with Gasteiger partial charge < -0.3 is 25.4 Å². The third-order valence-corrected chi connectivity index (χ3v) is 3.65. The Labute approximate surface area is 175 Å². The average molecular weight is 432 g/mol. The van der Waals surface area contributed by atoms with Gasteiger partial charge in [0.25, 0.3) is 0 Å². The van der Waals surface area contributed by atoms with Crippen molar-refractivity contribution in [1.29, 1.82) is 0 Å². The SMILES string of the molecule is CCNC(=NCC(O)COc1cccc(C(F)(F)F)c1)N(C)CC(=O)NC(C)(C)C. The molecule has 1 amide bonds. The van der Waals surface area contributed by atoms with Gasteiger partial charge in [0.2, 0.25) is 5.91 Å². The largest absolute Gasteiger partial charge is 0.491 e. The first kappa shape index (κ1) is 25.5. The molecule has 0 bridgehead atoms. The molecule has 0 aliphatic heterocycles. The fraction of sp³-hybridized carbons (Fsp3) is 0.600. The van der Waals surface area contributed by atoms with Crippen LogP contribution in [0.15, 0.2) is 29.3 Å². The molecule has 1 rings (SSSR count). The van der Waals surface area contributed by atoms with Crippen molar-refractivity contribution < 1.29 is 27.8 Å². The van der Waals surface area contributed by atoms with Crippen LogP contribution in [0.25, 0.3) is 0 Å². The second kappa shape index (κ2) is 11.1. The van der Waals surface area contributed by atoms with Crippen LogP contribution in [-0.4, -0.2) is 66.8 Å². The van der Waals surface area contributed by atoms with Crippen LogP contribution in [0, 0.1) is 0 Å². The summed E-state index contributed by atoms with van der Waals surface area (Å²) in [6, 6.07) is 4.45. The lowest BCUT2D eigenvalue weighted by molar-refractivity contribution is -0.137. The normalized spacial score (nSPS) is 13.6. The van der Waals surface area contributed by atoms with E-state index >= 15 is 0 Å². The molecule has 0 spiro atoms. The highest BCUT2D eigenvalue weighted by molar-refractivity contribution is 5.86. The summed E-state index contributed by atoms with van der Waals surface area (Å²) in [6.07, 6.45) is -5.50. The summed E-state index contributed by atoms with van der Waals surface area (Å²) in [7, 11) is 1.69. The summed E-state index contributed by atoms with van der Waals surface area (Å²) in [5.41, 5.74) is -1.18. The van der Waals surface area contributed by atoms with Crippen LogP contribution in [0.3, 0.4) is 0 Å². The molecule has 1 aromatic carbocycles. The van der Waals surface area contributed by atoms with Crippen LogP contribution in [0.1, 0.15) is 33.3 Å². The number of halogens is 3. The molecule has 3 N–H and O–H groups in total. The van der Waals surface area contributed by atoms with E-state index in [1.807, 2.05) is 27.7 Å². The molecule has 0 heterocycles. The predicted molar refractivity (Wildman–Crippen MR) is 109 cm³/mol. The maximum atomic E-state index is 12.7. The van der Waals surface area contributed by atoms with Crippen molar-refractivity contribution in [1.82, 2.24) is 15.5 Å². The minimum Gasteiger partial charge on any atom is -0.491 e. The number of nitrogens with zero attached hydrogens (tertiary/aromatic N) is 2. The first-order valence-corrected chi connectivity index (χ1v) is 9.60. The number of hydrogen-bond donors (Lipinski definition) is 3. The molecule has 0 saturated heterocycles. The van der Waals surface area contributed by atoms with E-state index in [-0.39, 0.29) is 36.9 Å². The Hall–Kier alpha value is -2.49. The number of alkyl halides is 3. The number of nitrogens with one attached hydrogen (secondary N) is 2. The molecule has 0 saturated carbocycles. The van der Waals surface area contributed by atoms with Crippen LogP contribution in [0.2, 0.25) is 0 Å². The molecule has 1 aromatic rings. The Morgan fingerprint density at radius 3 is 2.53 bits per heavy atom. The van der Waals surface area contributed by atoms with Gasteiger partial charge in [0.1, 0.15) is 18.5 Å². The van der Waals surface area contributed by atoms with E-state index in [0.29, 0.717) is 12.5 Å². The molecular weight excluding hydrogens is 401 g/mol. The molecule has 30 heavy (non-hydrogen) atoms. The van der Waals surface area contributed by atoms with E-state index in [9.17, 15) is 23.1 Å². The van der Waals surface area contributed by atoms with Crippen molar-refractivity contribution in [2.75, 3.05) is 33.3 Å². The van der Waals surface area contributed by atoms with Gasteiger partial charge in [-0.05, 0) is 45.9 Å². The first-order valence-electron chi connectivity index (χ1n) is 9.60. The van der Waals surface area contributed by atoms with Crippen LogP contribution >= 0.6 is 0 Å². The second-order valence-electron chi connectivity index (χ2n) is 7.84. The summed E-state index contributed by atoms with van der Waals surface area (Å²) in [5, 5.41) is 16.0. The highest BCUT2D eigenvalue weighted by Gasteiger charge is 2.30. The van der Waals surface area contributed by atoms with Crippen molar-refractivity contribution in [2.45, 2.75) is 45.5 Å². The van der Waals surface area contributed by atoms with Crippen molar-refractivity contribution in [3.8, 4) is 5.75 Å². The number of guanidine groups is 1. The molecule has 170 valence electrons. The maximum absolute atomic E-state index is 12.7. The Morgan fingerprint density at radius 1 is 1.30 bits per heavy atom. The van der Waals surface area contributed by atoms with Gasteiger partial charge in [-0.2, -0.15) is 13.2 Å². The zero-order valence-corrected chi connectivity index (χ0v) is 18.0. The van der Waals surface area contributed by atoms with Gasteiger partial charge in [0.15, 0.2) is 5.96 Å². The third-order valence-electron chi connectivity index (χ3n) is 3.65. The fourth-order valence-electron chi connectivity index (χ4n) is 2.42. The number of carbonyl (C=O) groups is 1. The number of aliphatic hydroxyl groups is 1. The summed E-state index contributed by atoms with van der Waals surface area (Å²) >= 11 is 0. The minimum absolute atomic E-state index is 0.00994. The topological polar surface area (TPSA) is 86.2 Å². The Balaban J connectivity index is 2.64. The Kier molecular flexibility index (Phi) is 9.41. The highest BCUT2D eigenvalue weighted by atomic mass is 19.4. The molecule has 0 fully saturated rings. The Morgan fingerprint density at radius 2 is 1.97 bits per heavy atom. The molecular formula is C20H31F3N4O3. The van der Waals surface area contributed by atoms with Gasteiger partial charge in [-0.1, -0.05) is 6.07 Å². The van der Waals surface area contributed by atoms with Crippen molar-refractivity contribution in [2.24, 2.45) is 4.99 Å². The van der Waals surface area contributed by atoms with Gasteiger partial charge in [-0.15, -0.1) is 0 Å². The monoisotopic (exact) mass is 432 g/mol. The number of carbonyl (C=O) groups excluding carboxylic acids is 1. The lowest BCUT2D eigenvalue weighted by Crippen LogP contribution is -2.49. The number of aliphatic hydroxyl groups excluding tert-OH is 1. The van der Waals surface area contributed by atoms with Gasteiger partial charge in [0, 0.05) is 19.1 Å². The third kappa shape index (κ3) is 9.82. The summed E-state index contributed by atoms with van der Waals surface area (Å²) in [6.45, 7) is 7.86. The molecule has 1 atom stereocenters. The quantitative estimate of drug-likeness (QED) is 0.433. The van der Waals surface area contributed by atoms with E-state index in [1.165, 1.54) is 12.1 Å². The van der Waals surface area contributed by atoms with Gasteiger partial charge in [-0.25, -0.2) is 0 Å². The molecule has 10 heteroatoms. The molecule has 0 aliphatic rings. The van der Waals surface area contributed by atoms with Gasteiger partial charge in [-0.3, -0.25) is 9.79 Å². The smallest absolute Gasteiger partial charge is 0.416 e. The lowest BCUT2D eigenvalue weighted by Gasteiger charge is -2.25. The lowest BCUT2D eigenvalue weighted by atomic mass is 10.1. The van der Waals surface area contributed by atoms with Crippen molar-refractivity contribution >= 4 is 11.9 Å². The zero-order valence-electron chi connectivity index (χ0n) is 18.0. The van der Waals surface area contributed by atoms with Crippen LogP contribution in [0.5, 0.6) is 5.75 Å². The standard InChI is InChI=1S/C20H31F3N4O3/c1-6-24-18(27(5)12-17(29)26-19(2,3)4)25-11-15(28)13-30-16-9-7-8-14(10-16)20(21,22)23/h7-10,15,28H,6,11-13H2,1-5H3,(H,24,25)(H,26,29). The van der Waals surface area contributed by atoms with E-state index in [0.717, 1.165) is 12.1 Å². The van der Waals surface area contributed by atoms with E-state index < -0.39 is 17.8 Å². The molecule has 1 unspecified atom stereocenters. The van der Waals surface area contributed by atoms with Crippen molar-refractivity contribution in [3.63, 3.8) is 0 Å². The fourth-order valence-corrected chi connectivity index (χ4v) is 2.42. The molecule has 0 aliphatic carbocycles. The minimum atomic E-state index is -4.47. The van der Waals surface area contributed by atoms with Crippen molar-refractivity contribution in [3.05, 3.63) is 29.8 Å². The number of benzene rings is 1. The first-order chi connectivity index (χ1) is 13.8. The zero-order chi connectivity index (χ0) is 22.9. The summed E-state index contributed by atoms with van der Waals surface area (Å²) in [4.78, 5) is 18.0. The van der Waals surface area contributed by atoms with E-state index in [1.54, 1.807) is 11.9 Å². The number of hydrogen-bond acceptors (Lipinski definition) is 4. The number of ether oxygens (including phenoxy) is 1. The summed E-state index contributed by atoms with van der Waals surface area (Å²) < 4.78 is 43.5. The van der Waals surface area contributed by atoms with Crippen LogP contribution in [0.4, 0.5) is 13.2 Å². The second-order valence-corrected chi connectivity index (χ2v) is 7.84. The van der Waals surface area contributed by atoms with Gasteiger partial charge in [0.05, 0.1) is 18.7 Å². The number of aliphatic imine (C=N–C) groups is 1. The number of likely N-dealkylation sites (N-methyl/N-ethyl adjacent to an activating group) is 1. The van der Waals surface area contributed by atoms with Crippen LogP contribution in [-0.2, 0) is 11.0 Å².